The van der Waals surface area contributed by atoms with Crippen LogP contribution in [0.5, 0.6) is 0 Å². The van der Waals surface area contributed by atoms with Crippen LogP contribution in [0.4, 0.5) is 18.9 Å². The first-order valence-corrected chi connectivity index (χ1v) is 5.52. The number of hydrogen-bond donors (Lipinski definition) is 2. The van der Waals surface area contributed by atoms with E-state index in [2.05, 4.69) is 5.32 Å². The lowest BCUT2D eigenvalue weighted by Gasteiger charge is -2.16. The number of hydrogen-bond acceptors (Lipinski definition) is 2. The zero-order valence-electron chi connectivity index (χ0n) is 9.51. The van der Waals surface area contributed by atoms with Crippen molar-refractivity contribution >= 4 is 23.2 Å². The third kappa shape index (κ3) is 5.27. The van der Waals surface area contributed by atoms with Gasteiger partial charge in [-0.1, -0.05) is 17.7 Å². The van der Waals surface area contributed by atoms with Gasteiger partial charge in [0.05, 0.1) is 0 Å². The van der Waals surface area contributed by atoms with E-state index < -0.39 is 24.7 Å². The maximum atomic E-state index is 11.9. The normalized spacial score (nSPS) is 12.9. The van der Waals surface area contributed by atoms with E-state index in [1.807, 2.05) is 0 Å². The van der Waals surface area contributed by atoms with Gasteiger partial charge in [0.2, 0.25) is 5.91 Å². The third-order valence-corrected chi connectivity index (χ3v) is 2.30. The Morgan fingerprint density at radius 1 is 1.44 bits per heavy atom. The van der Waals surface area contributed by atoms with E-state index in [-0.39, 0.29) is 0 Å². The van der Waals surface area contributed by atoms with Gasteiger partial charge in [-0.25, -0.2) is 0 Å². The fraction of sp³-hybridized carbons (Fsp3) is 0.364. The fourth-order valence-electron chi connectivity index (χ4n) is 1.23. The monoisotopic (exact) mass is 280 g/mol. The van der Waals surface area contributed by atoms with E-state index in [9.17, 15) is 18.0 Å². The number of alkyl halides is 3. The maximum Gasteiger partial charge on any atom is 0.405 e. The van der Waals surface area contributed by atoms with Crippen molar-refractivity contribution in [3.8, 4) is 0 Å². The smallest absolute Gasteiger partial charge is 0.374 e. The molecule has 0 saturated heterocycles. The number of nitrogens with one attached hydrogen (secondary N) is 2. The van der Waals surface area contributed by atoms with Crippen molar-refractivity contribution < 1.29 is 18.0 Å². The molecule has 1 unspecified atom stereocenters. The zero-order chi connectivity index (χ0) is 13.8. The van der Waals surface area contributed by atoms with E-state index >= 15 is 0 Å². The first-order chi connectivity index (χ1) is 8.28. The minimum absolute atomic E-state index is 0.475. The molecule has 1 aromatic rings. The second kappa shape index (κ2) is 5.95. The van der Waals surface area contributed by atoms with Crippen LogP contribution >= 0.6 is 11.6 Å². The Hall–Kier alpha value is -1.43. The summed E-state index contributed by atoms with van der Waals surface area (Å²) in [6, 6.07) is 5.78. The summed E-state index contributed by atoms with van der Waals surface area (Å²) >= 11 is 5.74. The molecule has 18 heavy (non-hydrogen) atoms. The van der Waals surface area contributed by atoms with Crippen LogP contribution in [0.3, 0.4) is 0 Å². The summed E-state index contributed by atoms with van der Waals surface area (Å²) in [7, 11) is 0. The van der Waals surface area contributed by atoms with Gasteiger partial charge in [0, 0.05) is 10.7 Å². The van der Waals surface area contributed by atoms with Gasteiger partial charge in [0.25, 0.3) is 0 Å². The van der Waals surface area contributed by atoms with Crippen molar-refractivity contribution in [3.05, 3.63) is 29.3 Å². The van der Waals surface area contributed by atoms with Crippen LogP contribution in [0, 0.1) is 0 Å². The second-order valence-corrected chi connectivity index (χ2v) is 4.15. The highest BCUT2D eigenvalue weighted by atomic mass is 35.5. The number of carbonyl (C=O) groups excluding carboxylic acids is 1. The number of benzene rings is 1. The predicted molar refractivity (Wildman–Crippen MR) is 63.6 cm³/mol. The van der Waals surface area contributed by atoms with Crippen LogP contribution in [0.25, 0.3) is 0 Å². The molecule has 0 aliphatic carbocycles. The van der Waals surface area contributed by atoms with Gasteiger partial charge < -0.3 is 10.6 Å². The average Bonchev–Trinajstić information content (AvgIpc) is 2.24. The summed E-state index contributed by atoms with van der Waals surface area (Å²) in [4.78, 5) is 11.4. The van der Waals surface area contributed by atoms with Crippen molar-refractivity contribution in [2.24, 2.45) is 0 Å². The lowest BCUT2D eigenvalue weighted by Crippen LogP contribution is -2.42. The summed E-state index contributed by atoms with van der Waals surface area (Å²) in [5.41, 5.74) is 0.567. The molecule has 0 bridgehead atoms. The third-order valence-electron chi connectivity index (χ3n) is 2.06. The predicted octanol–water partition coefficient (Wildman–Crippen LogP) is 2.82. The molecule has 1 rings (SSSR count). The van der Waals surface area contributed by atoms with Gasteiger partial charge in [-0.05, 0) is 25.1 Å². The molecule has 0 aliphatic rings. The second-order valence-electron chi connectivity index (χ2n) is 3.71. The molecular formula is C11H12ClF3N2O. The minimum Gasteiger partial charge on any atom is -0.374 e. The highest BCUT2D eigenvalue weighted by Crippen LogP contribution is 2.16. The fourth-order valence-corrected chi connectivity index (χ4v) is 1.42. The van der Waals surface area contributed by atoms with Crippen LogP contribution in [0.1, 0.15) is 6.92 Å². The van der Waals surface area contributed by atoms with E-state index in [1.54, 1.807) is 29.6 Å². The SMILES string of the molecule is CC(Nc1cccc(Cl)c1)C(=O)NCC(F)(F)F. The number of amides is 1. The lowest BCUT2D eigenvalue weighted by molar-refractivity contribution is -0.138. The van der Waals surface area contributed by atoms with Crippen molar-refractivity contribution in [2.75, 3.05) is 11.9 Å². The molecule has 0 fully saturated rings. The van der Waals surface area contributed by atoms with Crippen molar-refractivity contribution in [1.29, 1.82) is 0 Å². The van der Waals surface area contributed by atoms with Crippen LogP contribution < -0.4 is 10.6 Å². The number of rotatable bonds is 4. The van der Waals surface area contributed by atoms with E-state index in [1.165, 1.54) is 6.92 Å². The summed E-state index contributed by atoms with van der Waals surface area (Å²) in [5.74, 6) is -0.729. The van der Waals surface area contributed by atoms with Crippen molar-refractivity contribution in [3.63, 3.8) is 0 Å². The van der Waals surface area contributed by atoms with Crippen LogP contribution in [-0.4, -0.2) is 24.7 Å². The molecule has 1 atom stereocenters. The van der Waals surface area contributed by atoms with Crippen molar-refractivity contribution in [1.82, 2.24) is 5.32 Å². The summed E-state index contributed by atoms with van der Waals surface area (Å²) in [5, 5.41) is 5.03. The van der Waals surface area contributed by atoms with Crippen LogP contribution in [0.15, 0.2) is 24.3 Å². The molecule has 100 valence electrons. The highest BCUT2D eigenvalue weighted by Gasteiger charge is 2.28. The Labute approximate surface area is 107 Å². The summed E-state index contributed by atoms with van der Waals surface area (Å²) in [6.45, 7) is 0.125. The summed E-state index contributed by atoms with van der Waals surface area (Å²) < 4.78 is 35.7. The molecule has 1 aromatic carbocycles. The number of anilines is 1. The molecule has 0 aliphatic heterocycles. The van der Waals surface area contributed by atoms with Gasteiger partial charge in [-0.2, -0.15) is 13.2 Å². The molecule has 0 saturated carbocycles. The van der Waals surface area contributed by atoms with E-state index in [0.29, 0.717) is 10.7 Å². The van der Waals surface area contributed by atoms with E-state index in [0.717, 1.165) is 0 Å². The van der Waals surface area contributed by atoms with Gasteiger partial charge in [0.15, 0.2) is 0 Å². The standard InChI is InChI=1S/C11H12ClF3N2O/c1-7(10(18)16-6-11(13,14)15)17-9-4-2-3-8(12)5-9/h2-5,7,17H,6H2,1H3,(H,16,18). The van der Waals surface area contributed by atoms with Crippen molar-refractivity contribution in [2.45, 2.75) is 19.1 Å². The average molecular weight is 281 g/mol. The Kier molecular flexibility index (Phi) is 4.84. The highest BCUT2D eigenvalue weighted by molar-refractivity contribution is 6.30. The van der Waals surface area contributed by atoms with Crippen LogP contribution in [-0.2, 0) is 4.79 Å². The molecule has 1 amide bonds. The first kappa shape index (κ1) is 14.6. The molecule has 7 heteroatoms. The zero-order valence-corrected chi connectivity index (χ0v) is 10.3. The largest absolute Gasteiger partial charge is 0.405 e. The quantitative estimate of drug-likeness (QED) is 0.890. The number of carbonyl (C=O) groups is 1. The molecule has 0 heterocycles. The molecule has 0 spiro atoms. The molecule has 0 radical (unpaired) electrons. The Bertz CT molecular complexity index is 423. The van der Waals surface area contributed by atoms with E-state index in [4.69, 9.17) is 11.6 Å². The topological polar surface area (TPSA) is 41.1 Å². The Morgan fingerprint density at radius 3 is 2.67 bits per heavy atom. The lowest BCUT2D eigenvalue weighted by atomic mass is 10.2. The van der Waals surface area contributed by atoms with Gasteiger partial charge in [-0.15, -0.1) is 0 Å². The Balaban J connectivity index is 2.50. The molecule has 3 nitrogen and oxygen atoms in total. The maximum absolute atomic E-state index is 11.9. The molecular weight excluding hydrogens is 269 g/mol. The van der Waals surface area contributed by atoms with Gasteiger partial charge in [0.1, 0.15) is 12.6 Å². The first-order valence-electron chi connectivity index (χ1n) is 5.14. The Morgan fingerprint density at radius 2 is 2.11 bits per heavy atom. The van der Waals surface area contributed by atoms with Gasteiger partial charge in [-0.3, -0.25) is 4.79 Å². The minimum atomic E-state index is -4.41. The molecule has 0 aromatic heterocycles. The number of halogens is 4. The van der Waals surface area contributed by atoms with Crippen LogP contribution in [0.2, 0.25) is 5.02 Å². The molecule has 2 N–H and O–H groups in total. The van der Waals surface area contributed by atoms with Gasteiger partial charge >= 0.3 is 6.18 Å². The summed E-state index contributed by atoms with van der Waals surface area (Å²) in [6.07, 6.45) is -4.41.